The van der Waals surface area contributed by atoms with Gasteiger partial charge in [-0.2, -0.15) is 0 Å². The van der Waals surface area contributed by atoms with E-state index in [1.807, 2.05) is 0 Å². The monoisotopic (exact) mass is 269 g/mol. The van der Waals surface area contributed by atoms with E-state index < -0.39 is 0 Å². The van der Waals surface area contributed by atoms with E-state index in [0.717, 1.165) is 12.8 Å². The van der Waals surface area contributed by atoms with Gasteiger partial charge in [0.2, 0.25) is 0 Å². The van der Waals surface area contributed by atoms with Crippen molar-refractivity contribution in [1.82, 2.24) is 4.98 Å². The second-order valence-electron chi connectivity index (χ2n) is 4.27. The lowest BCUT2D eigenvalue weighted by Crippen LogP contribution is -2.06. The SMILES string of the molecule is CCCCCCCCOC(=O)c1ccc(Cl)nc1. The lowest BCUT2D eigenvalue weighted by atomic mass is 10.1. The third-order valence-electron chi connectivity index (χ3n) is 2.69. The summed E-state index contributed by atoms with van der Waals surface area (Å²) in [5.74, 6) is -0.326. The molecule has 0 spiro atoms. The minimum absolute atomic E-state index is 0.326. The highest BCUT2D eigenvalue weighted by Crippen LogP contribution is 2.08. The molecule has 1 aromatic heterocycles. The number of carbonyl (C=O) groups excluding carboxylic acids is 1. The molecule has 0 radical (unpaired) electrons. The first kappa shape index (κ1) is 15.0. The normalized spacial score (nSPS) is 10.3. The standard InChI is InChI=1S/C14H20ClNO2/c1-2-3-4-5-6-7-10-18-14(17)12-8-9-13(15)16-11-12/h8-9,11H,2-7,10H2,1H3. The van der Waals surface area contributed by atoms with Crippen LogP contribution in [0.25, 0.3) is 0 Å². The number of pyridine rings is 1. The highest BCUT2D eigenvalue weighted by molar-refractivity contribution is 6.29. The zero-order chi connectivity index (χ0) is 13.2. The van der Waals surface area contributed by atoms with Gasteiger partial charge in [-0.25, -0.2) is 9.78 Å². The highest BCUT2D eigenvalue weighted by Gasteiger charge is 2.06. The summed E-state index contributed by atoms with van der Waals surface area (Å²) in [6.45, 7) is 2.68. The maximum absolute atomic E-state index is 11.6. The molecular weight excluding hydrogens is 250 g/mol. The van der Waals surface area contributed by atoms with Crippen molar-refractivity contribution in [3.05, 3.63) is 29.0 Å². The van der Waals surface area contributed by atoms with Crippen LogP contribution >= 0.6 is 11.6 Å². The molecule has 18 heavy (non-hydrogen) atoms. The van der Waals surface area contributed by atoms with Crippen molar-refractivity contribution in [3.63, 3.8) is 0 Å². The van der Waals surface area contributed by atoms with Gasteiger partial charge in [-0.1, -0.05) is 50.6 Å². The van der Waals surface area contributed by atoms with E-state index in [1.165, 1.54) is 31.9 Å². The smallest absolute Gasteiger partial charge is 0.339 e. The van der Waals surface area contributed by atoms with Crippen molar-refractivity contribution in [2.75, 3.05) is 6.61 Å². The summed E-state index contributed by atoms with van der Waals surface area (Å²) in [6.07, 6.45) is 8.50. The minimum Gasteiger partial charge on any atom is -0.462 e. The number of carbonyl (C=O) groups is 1. The number of ether oxygens (including phenoxy) is 1. The van der Waals surface area contributed by atoms with Crippen LogP contribution in [0.1, 0.15) is 55.8 Å². The molecule has 1 heterocycles. The predicted molar refractivity (Wildman–Crippen MR) is 72.9 cm³/mol. The van der Waals surface area contributed by atoms with Gasteiger partial charge in [0.25, 0.3) is 0 Å². The summed E-state index contributed by atoms with van der Waals surface area (Å²) in [4.78, 5) is 15.4. The van der Waals surface area contributed by atoms with Gasteiger partial charge in [0.05, 0.1) is 12.2 Å². The molecule has 0 aliphatic heterocycles. The van der Waals surface area contributed by atoms with Gasteiger partial charge in [-0.15, -0.1) is 0 Å². The quantitative estimate of drug-likeness (QED) is 0.402. The number of halogens is 1. The Labute approximate surface area is 114 Å². The average molecular weight is 270 g/mol. The minimum atomic E-state index is -0.326. The Morgan fingerprint density at radius 1 is 1.22 bits per heavy atom. The summed E-state index contributed by atoms with van der Waals surface area (Å²) >= 11 is 5.64. The molecule has 0 aliphatic carbocycles. The van der Waals surface area contributed by atoms with Crippen LogP contribution in [0.5, 0.6) is 0 Å². The fourth-order valence-corrected chi connectivity index (χ4v) is 1.74. The van der Waals surface area contributed by atoms with E-state index in [2.05, 4.69) is 11.9 Å². The molecule has 0 amide bonds. The maximum Gasteiger partial charge on any atom is 0.339 e. The third kappa shape index (κ3) is 6.01. The summed E-state index contributed by atoms with van der Waals surface area (Å²) in [5, 5.41) is 0.377. The van der Waals surface area contributed by atoms with Crippen molar-refractivity contribution in [2.45, 2.75) is 45.4 Å². The Kier molecular flexibility index (Phi) is 7.42. The van der Waals surface area contributed by atoms with Crippen molar-refractivity contribution < 1.29 is 9.53 Å². The topological polar surface area (TPSA) is 39.2 Å². The van der Waals surface area contributed by atoms with Crippen molar-refractivity contribution in [2.24, 2.45) is 0 Å². The summed E-state index contributed by atoms with van der Waals surface area (Å²) in [5.41, 5.74) is 0.449. The van der Waals surface area contributed by atoms with E-state index in [0.29, 0.717) is 17.3 Å². The van der Waals surface area contributed by atoms with Crippen LogP contribution in [0.4, 0.5) is 0 Å². The van der Waals surface area contributed by atoms with E-state index in [-0.39, 0.29) is 5.97 Å². The van der Waals surface area contributed by atoms with Gasteiger partial charge in [0, 0.05) is 6.20 Å². The van der Waals surface area contributed by atoms with Crippen LogP contribution in [0.3, 0.4) is 0 Å². The number of rotatable bonds is 8. The fraction of sp³-hybridized carbons (Fsp3) is 0.571. The number of unbranched alkanes of at least 4 members (excludes halogenated alkanes) is 5. The van der Waals surface area contributed by atoms with Crippen LogP contribution in [0.15, 0.2) is 18.3 Å². The van der Waals surface area contributed by atoms with Gasteiger partial charge in [0.15, 0.2) is 0 Å². The van der Waals surface area contributed by atoms with Crippen LogP contribution in [0.2, 0.25) is 5.15 Å². The number of aromatic nitrogens is 1. The van der Waals surface area contributed by atoms with Gasteiger partial charge in [0.1, 0.15) is 5.15 Å². The molecule has 0 atom stereocenters. The summed E-state index contributed by atoms with van der Waals surface area (Å²) < 4.78 is 5.15. The summed E-state index contributed by atoms with van der Waals surface area (Å²) in [6, 6.07) is 3.21. The number of hydrogen-bond acceptors (Lipinski definition) is 3. The van der Waals surface area contributed by atoms with Gasteiger partial charge < -0.3 is 4.74 Å². The second-order valence-corrected chi connectivity index (χ2v) is 4.66. The zero-order valence-electron chi connectivity index (χ0n) is 10.8. The van der Waals surface area contributed by atoms with Crippen molar-refractivity contribution in [3.8, 4) is 0 Å². The lowest BCUT2D eigenvalue weighted by molar-refractivity contribution is 0.0497. The van der Waals surface area contributed by atoms with Crippen LogP contribution in [-0.2, 0) is 4.74 Å². The van der Waals surface area contributed by atoms with Gasteiger partial charge >= 0.3 is 5.97 Å². The molecule has 1 aromatic rings. The second kappa shape index (κ2) is 8.92. The lowest BCUT2D eigenvalue weighted by Gasteiger charge is -2.04. The van der Waals surface area contributed by atoms with E-state index in [1.54, 1.807) is 12.1 Å². The number of hydrogen-bond donors (Lipinski definition) is 0. The molecule has 4 heteroatoms. The molecule has 0 N–H and O–H groups in total. The molecule has 0 aromatic carbocycles. The van der Waals surface area contributed by atoms with Gasteiger partial charge in [-0.3, -0.25) is 0 Å². The average Bonchev–Trinajstić information content (AvgIpc) is 2.38. The Bertz CT molecular complexity index is 351. The van der Waals surface area contributed by atoms with E-state index >= 15 is 0 Å². The largest absolute Gasteiger partial charge is 0.462 e. The molecule has 0 unspecified atom stereocenters. The fourth-order valence-electron chi connectivity index (χ4n) is 1.63. The first-order chi connectivity index (χ1) is 8.74. The maximum atomic E-state index is 11.6. The predicted octanol–water partition coefficient (Wildman–Crippen LogP) is 4.25. The molecule has 0 bridgehead atoms. The molecule has 0 aliphatic rings. The Morgan fingerprint density at radius 3 is 2.61 bits per heavy atom. The molecule has 100 valence electrons. The molecule has 0 saturated carbocycles. The third-order valence-corrected chi connectivity index (χ3v) is 2.92. The molecule has 3 nitrogen and oxygen atoms in total. The number of esters is 1. The van der Waals surface area contributed by atoms with Crippen molar-refractivity contribution in [1.29, 1.82) is 0 Å². The Hall–Kier alpha value is -1.09. The Balaban J connectivity index is 2.12. The van der Waals surface area contributed by atoms with Crippen LogP contribution < -0.4 is 0 Å². The first-order valence-electron chi connectivity index (χ1n) is 6.52. The highest BCUT2D eigenvalue weighted by atomic mass is 35.5. The van der Waals surface area contributed by atoms with E-state index in [4.69, 9.17) is 16.3 Å². The summed E-state index contributed by atoms with van der Waals surface area (Å²) in [7, 11) is 0. The molecular formula is C14H20ClNO2. The van der Waals surface area contributed by atoms with Crippen LogP contribution in [-0.4, -0.2) is 17.6 Å². The zero-order valence-corrected chi connectivity index (χ0v) is 11.6. The van der Waals surface area contributed by atoms with Gasteiger partial charge in [-0.05, 0) is 18.6 Å². The first-order valence-corrected chi connectivity index (χ1v) is 6.90. The Morgan fingerprint density at radius 2 is 1.94 bits per heavy atom. The van der Waals surface area contributed by atoms with E-state index in [9.17, 15) is 4.79 Å². The molecule has 1 rings (SSSR count). The van der Waals surface area contributed by atoms with Crippen LogP contribution in [0, 0.1) is 0 Å². The molecule has 0 fully saturated rings. The molecule has 0 saturated heterocycles. The number of nitrogens with zero attached hydrogens (tertiary/aromatic N) is 1. The van der Waals surface area contributed by atoms with Crippen molar-refractivity contribution >= 4 is 17.6 Å².